The number of aromatic nitrogens is 2. The van der Waals surface area contributed by atoms with Crippen LogP contribution in [0.5, 0.6) is 0 Å². The molecule has 2 aromatic carbocycles. The number of imidazole rings is 1. The highest BCUT2D eigenvalue weighted by Crippen LogP contribution is 2.30. The van der Waals surface area contributed by atoms with Crippen LogP contribution in [-0.2, 0) is 0 Å². The van der Waals surface area contributed by atoms with E-state index >= 15 is 0 Å². The second-order valence-electron chi connectivity index (χ2n) is 8.48. The molecule has 3 nitrogen and oxygen atoms in total. The fourth-order valence-electron chi connectivity index (χ4n) is 4.15. The molecule has 4 aromatic rings. The summed E-state index contributed by atoms with van der Waals surface area (Å²) in [6.45, 7) is 9.11. The Morgan fingerprint density at radius 3 is 2.03 bits per heavy atom. The lowest BCUT2D eigenvalue weighted by Crippen LogP contribution is -3.00. The highest BCUT2D eigenvalue weighted by Gasteiger charge is 2.22. The monoisotopic (exact) mass is 407 g/mol. The summed E-state index contributed by atoms with van der Waals surface area (Å²) in [6, 6.07) is 17.7. The Morgan fingerprint density at radius 2 is 1.45 bits per heavy atom. The van der Waals surface area contributed by atoms with E-state index in [4.69, 9.17) is 0 Å². The number of rotatable bonds is 4. The molecule has 0 fully saturated rings. The SMILES string of the molecule is CC(C)c1cccc(C(C)C)c1-[n+]1cc2ccc3cccc(N(C)C)c3n2c1.[Cl-]. The maximum Gasteiger partial charge on any atom is 0.254 e. The molecule has 0 spiro atoms. The second kappa shape index (κ2) is 8.08. The smallest absolute Gasteiger partial charge is 0.254 e. The number of nitrogens with zero attached hydrogens (tertiary/aromatic N) is 3. The van der Waals surface area contributed by atoms with Gasteiger partial charge < -0.3 is 17.3 Å². The molecule has 0 radical (unpaired) electrons. The molecule has 0 atom stereocenters. The Kier molecular flexibility index (Phi) is 5.90. The maximum atomic E-state index is 2.33. The van der Waals surface area contributed by atoms with Crippen LogP contribution in [-0.4, -0.2) is 18.5 Å². The molecule has 29 heavy (non-hydrogen) atoms. The molecule has 0 saturated heterocycles. The minimum atomic E-state index is 0. The molecule has 0 amide bonds. The lowest BCUT2D eigenvalue weighted by Gasteiger charge is -2.16. The first kappa shape index (κ1) is 21.2. The summed E-state index contributed by atoms with van der Waals surface area (Å²) in [5.41, 5.74) is 7.79. The molecule has 0 bridgehead atoms. The molecule has 2 heterocycles. The first-order valence-corrected chi connectivity index (χ1v) is 10.1. The standard InChI is InChI=1S/C25H30N3.ClH/c1-17(2)21-10-8-11-22(18(3)4)25(21)27-15-20-14-13-19-9-7-12-23(26(5)6)24(19)28(20)16-27;/h7-18H,1-6H3;1H/q+1;/p-1. The van der Waals surface area contributed by atoms with Crippen molar-refractivity contribution in [1.29, 1.82) is 0 Å². The Bertz CT molecular complexity index is 1130. The van der Waals surface area contributed by atoms with E-state index < -0.39 is 0 Å². The van der Waals surface area contributed by atoms with Crippen LogP contribution in [0, 0.1) is 0 Å². The molecule has 4 rings (SSSR count). The van der Waals surface area contributed by atoms with Gasteiger partial charge in [-0.1, -0.05) is 58.0 Å². The zero-order valence-corrected chi connectivity index (χ0v) is 18.9. The summed E-state index contributed by atoms with van der Waals surface area (Å²) in [7, 11) is 4.21. The normalized spacial score (nSPS) is 11.4. The fourth-order valence-corrected chi connectivity index (χ4v) is 4.15. The summed E-state index contributed by atoms with van der Waals surface area (Å²) < 4.78 is 4.65. The molecule has 0 aliphatic rings. The fraction of sp³-hybridized carbons (Fsp3) is 0.320. The minimum absolute atomic E-state index is 0. The van der Waals surface area contributed by atoms with Crippen LogP contribution in [0.1, 0.15) is 50.7 Å². The van der Waals surface area contributed by atoms with Gasteiger partial charge >= 0.3 is 0 Å². The first-order chi connectivity index (χ1) is 13.4. The van der Waals surface area contributed by atoms with Gasteiger partial charge in [0.25, 0.3) is 6.33 Å². The Hall–Kier alpha value is -2.52. The van der Waals surface area contributed by atoms with E-state index in [1.807, 2.05) is 0 Å². The van der Waals surface area contributed by atoms with E-state index in [2.05, 4.69) is 117 Å². The zero-order valence-electron chi connectivity index (χ0n) is 18.1. The lowest BCUT2D eigenvalue weighted by atomic mass is 9.92. The molecular formula is C25H30ClN3. The van der Waals surface area contributed by atoms with Gasteiger partial charge in [0, 0.05) is 30.6 Å². The maximum absolute atomic E-state index is 2.33. The van der Waals surface area contributed by atoms with Gasteiger partial charge in [-0.15, -0.1) is 0 Å². The predicted octanol–water partition coefficient (Wildman–Crippen LogP) is 2.69. The van der Waals surface area contributed by atoms with E-state index in [9.17, 15) is 0 Å². The van der Waals surface area contributed by atoms with Crippen molar-refractivity contribution in [3.05, 3.63) is 72.2 Å². The third-order valence-electron chi connectivity index (χ3n) is 5.59. The first-order valence-electron chi connectivity index (χ1n) is 10.1. The number of fused-ring (bicyclic) bond motifs is 3. The van der Waals surface area contributed by atoms with Gasteiger partial charge in [0.05, 0.1) is 5.69 Å². The van der Waals surface area contributed by atoms with Crippen LogP contribution in [0.2, 0.25) is 0 Å². The van der Waals surface area contributed by atoms with Crippen molar-refractivity contribution in [2.75, 3.05) is 19.0 Å². The van der Waals surface area contributed by atoms with Crippen LogP contribution >= 0.6 is 0 Å². The van der Waals surface area contributed by atoms with Gasteiger partial charge in [-0.05, 0) is 30.0 Å². The third-order valence-corrected chi connectivity index (χ3v) is 5.59. The number of hydrogen-bond acceptors (Lipinski definition) is 1. The molecule has 0 unspecified atom stereocenters. The van der Waals surface area contributed by atoms with E-state index in [1.54, 1.807) is 0 Å². The largest absolute Gasteiger partial charge is 1.00 e. The van der Waals surface area contributed by atoms with Crippen LogP contribution < -0.4 is 21.9 Å². The average molecular weight is 408 g/mol. The van der Waals surface area contributed by atoms with Crippen molar-refractivity contribution in [3.8, 4) is 5.69 Å². The number of hydrogen-bond donors (Lipinski definition) is 0. The molecule has 2 aromatic heterocycles. The van der Waals surface area contributed by atoms with Crippen molar-refractivity contribution >= 4 is 22.1 Å². The summed E-state index contributed by atoms with van der Waals surface area (Å²) in [6.07, 6.45) is 4.51. The summed E-state index contributed by atoms with van der Waals surface area (Å²) in [5.74, 6) is 0.941. The topological polar surface area (TPSA) is 11.5 Å². The van der Waals surface area contributed by atoms with Gasteiger partial charge in [0.2, 0.25) is 0 Å². The number of benzene rings is 2. The molecule has 0 aliphatic carbocycles. The minimum Gasteiger partial charge on any atom is -1.00 e. The van der Waals surface area contributed by atoms with Gasteiger partial charge in [-0.2, -0.15) is 4.40 Å². The van der Waals surface area contributed by atoms with Crippen molar-refractivity contribution in [1.82, 2.24) is 4.40 Å². The third kappa shape index (κ3) is 3.60. The molecule has 0 saturated carbocycles. The Balaban J connectivity index is 0.00000240. The van der Waals surface area contributed by atoms with E-state index in [1.165, 1.54) is 38.9 Å². The van der Waals surface area contributed by atoms with Crippen LogP contribution in [0.25, 0.3) is 22.1 Å². The highest BCUT2D eigenvalue weighted by molar-refractivity contribution is 5.93. The number of anilines is 1. The zero-order chi connectivity index (χ0) is 20.0. The van der Waals surface area contributed by atoms with Gasteiger partial charge in [-0.3, -0.25) is 0 Å². The van der Waals surface area contributed by atoms with E-state index in [0.717, 1.165) is 0 Å². The molecular weight excluding hydrogens is 378 g/mol. The van der Waals surface area contributed by atoms with Gasteiger partial charge in [-0.25, -0.2) is 4.57 Å². The van der Waals surface area contributed by atoms with Crippen molar-refractivity contribution < 1.29 is 17.0 Å². The van der Waals surface area contributed by atoms with Crippen molar-refractivity contribution in [2.24, 2.45) is 0 Å². The van der Waals surface area contributed by atoms with E-state index in [0.29, 0.717) is 11.8 Å². The van der Waals surface area contributed by atoms with Gasteiger partial charge in [0.15, 0.2) is 11.0 Å². The van der Waals surface area contributed by atoms with Crippen LogP contribution in [0.15, 0.2) is 61.1 Å². The number of pyridine rings is 1. The quantitative estimate of drug-likeness (QED) is 0.473. The molecule has 152 valence electrons. The number of para-hydroxylation sites is 2. The summed E-state index contributed by atoms with van der Waals surface area (Å²) in [5, 5.41) is 1.25. The Morgan fingerprint density at radius 1 is 0.828 bits per heavy atom. The molecule has 4 heteroatoms. The second-order valence-corrected chi connectivity index (χ2v) is 8.48. The average Bonchev–Trinajstić information content (AvgIpc) is 3.10. The number of halogens is 1. The van der Waals surface area contributed by atoms with Crippen molar-refractivity contribution in [2.45, 2.75) is 39.5 Å². The summed E-state index contributed by atoms with van der Waals surface area (Å²) in [4.78, 5) is 2.19. The molecule has 0 aliphatic heterocycles. The van der Waals surface area contributed by atoms with Gasteiger partial charge in [0.1, 0.15) is 11.9 Å². The highest BCUT2D eigenvalue weighted by atomic mass is 35.5. The lowest BCUT2D eigenvalue weighted by molar-refractivity contribution is -0.595. The molecule has 0 N–H and O–H groups in total. The van der Waals surface area contributed by atoms with Crippen LogP contribution in [0.3, 0.4) is 0 Å². The predicted molar refractivity (Wildman–Crippen MR) is 119 cm³/mol. The Labute approximate surface area is 180 Å². The summed E-state index contributed by atoms with van der Waals surface area (Å²) >= 11 is 0. The van der Waals surface area contributed by atoms with Crippen LogP contribution in [0.4, 0.5) is 5.69 Å². The van der Waals surface area contributed by atoms with E-state index in [-0.39, 0.29) is 12.4 Å². The van der Waals surface area contributed by atoms with Crippen molar-refractivity contribution in [3.63, 3.8) is 0 Å².